The van der Waals surface area contributed by atoms with Crippen molar-refractivity contribution in [2.75, 3.05) is 5.43 Å². The van der Waals surface area contributed by atoms with Gasteiger partial charge in [0.05, 0.1) is 0 Å². The Morgan fingerprint density at radius 3 is 2.55 bits per heavy atom. The Bertz CT molecular complexity index is 586. The largest absolute Gasteiger partial charge is 0.308 e. The van der Waals surface area contributed by atoms with Gasteiger partial charge in [0.1, 0.15) is 16.7 Å². The summed E-state index contributed by atoms with van der Waals surface area (Å²) in [5, 5.41) is 0.943. The van der Waals surface area contributed by atoms with Crippen LogP contribution in [0.4, 0.5) is 5.82 Å². The molecule has 0 amide bonds. The number of anilines is 1. The molecule has 4 nitrogen and oxygen atoms in total. The molecule has 1 aromatic carbocycles. The van der Waals surface area contributed by atoms with Gasteiger partial charge in [0.2, 0.25) is 0 Å². The van der Waals surface area contributed by atoms with Crippen LogP contribution in [0.1, 0.15) is 24.7 Å². The van der Waals surface area contributed by atoms with Crippen molar-refractivity contribution in [3.8, 4) is 0 Å². The molecular formula is C14H17BrN4S. The van der Waals surface area contributed by atoms with E-state index in [9.17, 15) is 0 Å². The number of rotatable bonds is 5. The van der Waals surface area contributed by atoms with Crippen molar-refractivity contribution < 1.29 is 0 Å². The van der Waals surface area contributed by atoms with Gasteiger partial charge in [-0.3, -0.25) is 0 Å². The highest BCUT2D eigenvalue weighted by molar-refractivity contribution is 9.10. The van der Waals surface area contributed by atoms with Gasteiger partial charge in [-0.1, -0.05) is 34.6 Å². The topological polar surface area (TPSA) is 63.8 Å². The van der Waals surface area contributed by atoms with E-state index in [1.807, 2.05) is 19.1 Å². The Kier molecular flexibility index (Phi) is 5.39. The lowest BCUT2D eigenvalue weighted by molar-refractivity contribution is 0.802. The monoisotopic (exact) mass is 352 g/mol. The summed E-state index contributed by atoms with van der Waals surface area (Å²) in [5.41, 5.74) is 3.63. The maximum absolute atomic E-state index is 5.54. The molecule has 1 aromatic heterocycles. The summed E-state index contributed by atoms with van der Waals surface area (Å²) in [7, 11) is 0. The molecular weight excluding hydrogens is 336 g/mol. The molecule has 106 valence electrons. The number of hydrazine groups is 1. The number of hydrogen-bond acceptors (Lipinski definition) is 5. The Morgan fingerprint density at radius 1 is 1.25 bits per heavy atom. The first-order valence-electron chi connectivity index (χ1n) is 6.41. The van der Waals surface area contributed by atoms with Crippen LogP contribution < -0.4 is 11.3 Å². The van der Waals surface area contributed by atoms with Crippen LogP contribution >= 0.6 is 27.7 Å². The van der Waals surface area contributed by atoms with Crippen molar-refractivity contribution in [3.63, 3.8) is 0 Å². The van der Waals surface area contributed by atoms with Gasteiger partial charge in [-0.15, -0.1) is 0 Å². The summed E-state index contributed by atoms with van der Waals surface area (Å²) in [6.07, 6.45) is 1.86. The molecule has 0 bridgehead atoms. The summed E-state index contributed by atoms with van der Waals surface area (Å²) in [6.45, 7) is 4.09. The third-order valence-electron chi connectivity index (χ3n) is 2.79. The highest BCUT2D eigenvalue weighted by atomic mass is 79.9. The normalized spacial score (nSPS) is 10.6. The molecule has 3 N–H and O–H groups in total. The average Bonchev–Trinajstić information content (AvgIpc) is 2.45. The minimum absolute atomic E-state index is 0.697. The molecule has 0 atom stereocenters. The SMILES string of the molecule is CCCc1nc(NN)c(C)c(Sc2ccc(Br)cc2)n1. The second kappa shape index (κ2) is 7.06. The number of nitrogens with zero attached hydrogens (tertiary/aromatic N) is 2. The van der Waals surface area contributed by atoms with E-state index in [4.69, 9.17) is 5.84 Å². The third kappa shape index (κ3) is 3.71. The van der Waals surface area contributed by atoms with Gasteiger partial charge >= 0.3 is 0 Å². The molecule has 2 aromatic rings. The van der Waals surface area contributed by atoms with E-state index < -0.39 is 0 Å². The smallest absolute Gasteiger partial charge is 0.147 e. The predicted molar refractivity (Wildman–Crippen MR) is 86.8 cm³/mol. The number of nitrogens with one attached hydrogen (secondary N) is 1. The number of nitrogens with two attached hydrogens (primary N) is 1. The maximum Gasteiger partial charge on any atom is 0.147 e. The second-order valence-corrected chi connectivity index (χ2v) is 6.35. The van der Waals surface area contributed by atoms with Gasteiger partial charge in [-0.05, 0) is 37.6 Å². The molecule has 0 fully saturated rings. The van der Waals surface area contributed by atoms with E-state index in [0.29, 0.717) is 5.82 Å². The molecule has 0 spiro atoms. The number of nitrogen functional groups attached to an aromatic ring is 1. The molecule has 0 saturated carbocycles. The number of aromatic nitrogens is 2. The molecule has 0 aliphatic carbocycles. The lowest BCUT2D eigenvalue weighted by Crippen LogP contribution is -2.13. The fraction of sp³-hybridized carbons (Fsp3) is 0.286. The Balaban J connectivity index is 2.33. The van der Waals surface area contributed by atoms with Gasteiger partial charge in [0.25, 0.3) is 0 Å². The van der Waals surface area contributed by atoms with Crippen LogP contribution in [0.25, 0.3) is 0 Å². The van der Waals surface area contributed by atoms with Crippen LogP contribution in [0.15, 0.2) is 38.7 Å². The third-order valence-corrected chi connectivity index (χ3v) is 4.41. The van der Waals surface area contributed by atoms with Gasteiger partial charge in [-0.2, -0.15) is 0 Å². The highest BCUT2D eigenvalue weighted by Crippen LogP contribution is 2.31. The zero-order valence-corrected chi connectivity index (χ0v) is 13.9. The molecule has 0 unspecified atom stereocenters. The van der Waals surface area contributed by atoms with Crippen LogP contribution in [0.3, 0.4) is 0 Å². The predicted octanol–water partition coefficient (Wildman–Crippen LogP) is 3.94. The molecule has 0 radical (unpaired) electrons. The zero-order valence-electron chi connectivity index (χ0n) is 11.5. The van der Waals surface area contributed by atoms with E-state index >= 15 is 0 Å². The summed E-state index contributed by atoms with van der Waals surface area (Å²) >= 11 is 5.06. The van der Waals surface area contributed by atoms with E-state index in [1.165, 1.54) is 0 Å². The molecule has 1 heterocycles. The van der Waals surface area contributed by atoms with E-state index in [2.05, 4.69) is 50.4 Å². The molecule has 0 aliphatic rings. The summed E-state index contributed by atoms with van der Waals surface area (Å²) in [4.78, 5) is 10.2. The van der Waals surface area contributed by atoms with Crippen molar-refractivity contribution in [2.45, 2.75) is 36.6 Å². The summed E-state index contributed by atoms with van der Waals surface area (Å²) < 4.78 is 1.07. The van der Waals surface area contributed by atoms with E-state index in [1.54, 1.807) is 11.8 Å². The number of benzene rings is 1. The highest BCUT2D eigenvalue weighted by Gasteiger charge is 2.11. The zero-order chi connectivity index (χ0) is 14.5. The molecule has 0 saturated heterocycles. The van der Waals surface area contributed by atoms with Crippen molar-refractivity contribution in [1.82, 2.24) is 9.97 Å². The van der Waals surface area contributed by atoms with E-state index in [-0.39, 0.29) is 0 Å². The van der Waals surface area contributed by atoms with Crippen molar-refractivity contribution >= 4 is 33.5 Å². The maximum atomic E-state index is 5.54. The molecule has 6 heteroatoms. The minimum atomic E-state index is 0.697. The Morgan fingerprint density at radius 2 is 1.95 bits per heavy atom. The minimum Gasteiger partial charge on any atom is -0.308 e. The molecule has 20 heavy (non-hydrogen) atoms. The average molecular weight is 353 g/mol. The van der Waals surface area contributed by atoms with Gasteiger partial charge in [-0.25, -0.2) is 15.8 Å². The van der Waals surface area contributed by atoms with Crippen molar-refractivity contribution in [1.29, 1.82) is 0 Å². The van der Waals surface area contributed by atoms with Gasteiger partial charge < -0.3 is 5.43 Å². The number of aryl methyl sites for hydroxylation is 1. The lowest BCUT2D eigenvalue weighted by Gasteiger charge is -2.11. The van der Waals surface area contributed by atoms with Gasteiger partial charge in [0, 0.05) is 21.4 Å². The van der Waals surface area contributed by atoms with Crippen LogP contribution in [-0.2, 0) is 6.42 Å². The molecule has 0 aliphatic heterocycles. The van der Waals surface area contributed by atoms with Crippen LogP contribution in [0.5, 0.6) is 0 Å². The fourth-order valence-electron chi connectivity index (χ4n) is 1.73. The first-order valence-corrected chi connectivity index (χ1v) is 8.02. The quantitative estimate of drug-likeness (QED) is 0.484. The van der Waals surface area contributed by atoms with Crippen LogP contribution in [-0.4, -0.2) is 9.97 Å². The number of hydrogen-bond donors (Lipinski definition) is 2. The number of halogens is 1. The first kappa shape index (κ1) is 15.3. The Hall–Kier alpha value is -1.11. The van der Waals surface area contributed by atoms with E-state index in [0.717, 1.165) is 38.6 Å². The van der Waals surface area contributed by atoms with Crippen molar-refractivity contribution in [3.05, 3.63) is 40.1 Å². The van der Waals surface area contributed by atoms with Crippen LogP contribution in [0, 0.1) is 6.92 Å². The summed E-state index contributed by atoms with van der Waals surface area (Å²) in [5.74, 6) is 7.06. The lowest BCUT2D eigenvalue weighted by atomic mass is 10.3. The van der Waals surface area contributed by atoms with Crippen molar-refractivity contribution in [2.24, 2.45) is 5.84 Å². The Labute approximate surface area is 131 Å². The first-order chi connectivity index (χ1) is 9.63. The standard InChI is InChI=1S/C14H17BrN4S/c1-3-4-12-17-13(19-16)9(2)14(18-12)20-11-7-5-10(15)6-8-11/h5-8H,3-4,16H2,1-2H3,(H,17,18,19). The van der Waals surface area contributed by atoms with Gasteiger partial charge in [0.15, 0.2) is 0 Å². The second-order valence-electron chi connectivity index (χ2n) is 4.37. The molecule has 2 rings (SSSR count). The summed E-state index contributed by atoms with van der Waals surface area (Å²) in [6, 6.07) is 8.17. The fourth-order valence-corrected chi connectivity index (χ4v) is 2.89. The van der Waals surface area contributed by atoms with Crippen LogP contribution in [0.2, 0.25) is 0 Å².